The van der Waals surface area contributed by atoms with Gasteiger partial charge in [-0.15, -0.1) is 11.3 Å². The van der Waals surface area contributed by atoms with Crippen molar-refractivity contribution < 1.29 is 9.53 Å². The lowest BCUT2D eigenvalue weighted by molar-refractivity contribution is 0.102. The first kappa shape index (κ1) is 19.4. The van der Waals surface area contributed by atoms with Crippen molar-refractivity contribution >= 4 is 34.0 Å². The smallest absolute Gasteiger partial charge is 0.257 e. The third kappa shape index (κ3) is 5.29. The maximum absolute atomic E-state index is 12.3. The molecule has 2 aromatic carbocycles. The number of ether oxygens (including phenoxy) is 1. The predicted octanol–water partition coefficient (Wildman–Crippen LogP) is 4.66. The maximum Gasteiger partial charge on any atom is 0.257 e. The Labute approximate surface area is 167 Å². The van der Waals surface area contributed by atoms with E-state index in [0.29, 0.717) is 22.3 Å². The molecule has 0 unspecified atom stereocenters. The van der Waals surface area contributed by atoms with Crippen LogP contribution in [-0.4, -0.2) is 43.0 Å². The zero-order chi connectivity index (χ0) is 19.2. The summed E-state index contributed by atoms with van der Waals surface area (Å²) in [7, 11) is 4.01. The van der Waals surface area contributed by atoms with Gasteiger partial charge in [-0.3, -0.25) is 10.1 Å². The van der Waals surface area contributed by atoms with E-state index >= 15 is 0 Å². The highest BCUT2D eigenvalue weighted by Gasteiger charge is 2.13. The number of likely N-dealkylation sites (N-methyl/N-ethyl adjacent to an activating group) is 1. The van der Waals surface area contributed by atoms with Gasteiger partial charge in [-0.1, -0.05) is 23.7 Å². The number of hydrogen-bond donors (Lipinski definition) is 1. The summed E-state index contributed by atoms with van der Waals surface area (Å²) < 4.78 is 5.90. The normalized spacial score (nSPS) is 10.8. The van der Waals surface area contributed by atoms with Crippen molar-refractivity contribution in [3.05, 3.63) is 64.5 Å². The molecule has 140 valence electrons. The number of anilines is 1. The third-order valence-corrected chi connectivity index (χ3v) is 4.80. The van der Waals surface area contributed by atoms with E-state index in [0.717, 1.165) is 23.6 Å². The van der Waals surface area contributed by atoms with Gasteiger partial charge in [-0.05, 0) is 50.5 Å². The Bertz CT molecular complexity index is 910. The lowest BCUT2D eigenvalue weighted by Gasteiger charge is -2.13. The average Bonchev–Trinajstić information content (AvgIpc) is 3.10. The molecule has 3 aromatic rings. The quantitative estimate of drug-likeness (QED) is 0.625. The summed E-state index contributed by atoms with van der Waals surface area (Å²) in [6.07, 6.45) is 0. The van der Waals surface area contributed by atoms with Gasteiger partial charge in [-0.25, -0.2) is 4.98 Å². The van der Waals surface area contributed by atoms with Crippen molar-refractivity contribution in [2.75, 3.05) is 32.6 Å². The number of aromatic nitrogens is 1. The molecule has 0 fully saturated rings. The van der Waals surface area contributed by atoms with Crippen molar-refractivity contribution in [3.63, 3.8) is 0 Å². The molecule has 0 saturated heterocycles. The zero-order valence-electron chi connectivity index (χ0n) is 15.1. The lowest BCUT2D eigenvalue weighted by Crippen LogP contribution is -2.19. The summed E-state index contributed by atoms with van der Waals surface area (Å²) in [6, 6.07) is 14.5. The number of thiazole rings is 1. The molecule has 0 aliphatic rings. The van der Waals surface area contributed by atoms with Crippen LogP contribution in [0.3, 0.4) is 0 Å². The Balaban J connectivity index is 1.72. The van der Waals surface area contributed by atoms with E-state index in [4.69, 9.17) is 16.3 Å². The van der Waals surface area contributed by atoms with E-state index < -0.39 is 0 Å². The van der Waals surface area contributed by atoms with Crippen LogP contribution in [0.4, 0.5) is 5.13 Å². The molecule has 1 heterocycles. The van der Waals surface area contributed by atoms with Crippen molar-refractivity contribution in [2.45, 2.75) is 0 Å². The number of amides is 1. The third-order valence-electron chi connectivity index (χ3n) is 3.79. The Morgan fingerprint density at radius 3 is 2.67 bits per heavy atom. The number of carbonyl (C=O) groups excluding carboxylic acids is 1. The van der Waals surface area contributed by atoms with Crippen molar-refractivity contribution in [1.29, 1.82) is 0 Å². The Kier molecular flexibility index (Phi) is 6.45. The Morgan fingerprint density at radius 1 is 1.19 bits per heavy atom. The Hall–Kier alpha value is -2.41. The van der Waals surface area contributed by atoms with Gasteiger partial charge in [0.05, 0.1) is 5.69 Å². The van der Waals surface area contributed by atoms with Crippen LogP contribution in [-0.2, 0) is 0 Å². The van der Waals surface area contributed by atoms with Crippen LogP contribution in [0, 0.1) is 0 Å². The summed E-state index contributed by atoms with van der Waals surface area (Å²) in [6.45, 7) is 1.42. The lowest BCUT2D eigenvalue weighted by atomic mass is 10.1. The molecule has 0 bridgehead atoms. The highest BCUT2D eigenvalue weighted by atomic mass is 35.5. The SMILES string of the molecule is CN(C)CCOc1ccccc1-c1csc(NC(=O)c2ccc(Cl)cc2)n1. The second-order valence-corrected chi connectivity index (χ2v) is 7.44. The summed E-state index contributed by atoms with van der Waals surface area (Å²) in [5.41, 5.74) is 2.20. The molecule has 5 nitrogen and oxygen atoms in total. The van der Waals surface area contributed by atoms with Crippen LogP contribution >= 0.6 is 22.9 Å². The van der Waals surface area contributed by atoms with Gasteiger partial charge in [0.2, 0.25) is 0 Å². The molecule has 0 aliphatic heterocycles. The van der Waals surface area contributed by atoms with Gasteiger partial charge in [0.15, 0.2) is 5.13 Å². The van der Waals surface area contributed by atoms with Crippen LogP contribution in [0.15, 0.2) is 53.9 Å². The van der Waals surface area contributed by atoms with E-state index in [1.165, 1.54) is 11.3 Å². The molecule has 0 radical (unpaired) electrons. The van der Waals surface area contributed by atoms with Crippen LogP contribution < -0.4 is 10.1 Å². The van der Waals surface area contributed by atoms with Gasteiger partial charge in [0.1, 0.15) is 12.4 Å². The fourth-order valence-corrected chi connectivity index (χ4v) is 3.20. The molecule has 0 saturated carbocycles. The van der Waals surface area contributed by atoms with Crippen LogP contribution in [0.1, 0.15) is 10.4 Å². The van der Waals surface area contributed by atoms with E-state index in [2.05, 4.69) is 15.2 Å². The molecule has 0 aliphatic carbocycles. The second kappa shape index (κ2) is 8.99. The largest absolute Gasteiger partial charge is 0.492 e. The van der Waals surface area contributed by atoms with E-state index in [-0.39, 0.29) is 5.91 Å². The molecule has 1 amide bonds. The first-order valence-corrected chi connectivity index (χ1v) is 9.68. The molecule has 7 heteroatoms. The fraction of sp³-hybridized carbons (Fsp3) is 0.200. The number of para-hydroxylation sites is 1. The zero-order valence-corrected chi connectivity index (χ0v) is 16.7. The average molecular weight is 402 g/mol. The molecule has 3 rings (SSSR count). The molecular formula is C20H20ClN3O2S. The summed E-state index contributed by atoms with van der Waals surface area (Å²) in [5, 5.41) is 5.86. The second-order valence-electron chi connectivity index (χ2n) is 6.15. The number of carbonyl (C=O) groups is 1. The minimum Gasteiger partial charge on any atom is -0.492 e. The highest BCUT2D eigenvalue weighted by Crippen LogP contribution is 2.32. The topological polar surface area (TPSA) is 54.5 Å². The first-order valence-electron chi connectivity index (χ1n) is 8.42. The van der Waals surface area contributed by atoms with E-state index in [1.807, 2.05) is 43.7 Å². The van der Waals surface area contributed by atoms with E-state index in [1.54, 1.807) is 24.3 Å². The minimum atomic E-state index is -0.219. The van der Waals surface area contributed by atoms with Gasteiger partial charge in [0.25, 0.3) is 5.91 Å². The number of nitrogens with zero attached hydrogens (tertiary/aromatic N) is 2. The standard InChI is InChI=1S/C20H20ClN3O2S/c1-24(2)11-12-26-18-6-4-3-5-16(18)17-13-27-20(22-17)23-19(25)14-7-9-15(21)10-8-14/h3-10,13H,11-12H2,1-2H3,(H,22,23,25). The molecule has 1 aromatic heterocycles. The molecule has 1 N–H and O–H groups in total. The molecule has 0 spiro atoms. The number of hydrogen-bond acceptors (Lipinski definition) is 5. The number of rotatable bonds is 7. The van der Waals surface area contributed by atoms with Crippen LogP contribution in [0.5, 0.6) is 5.75 Å². The summed E-state index contributed by atoms with van der Waals surface area (Å²) in [4.78, 5) is 18.9. The number of benzene rings is 2. The van der Waals surface area contributed by atoms with Gasteiger partial charge in [0, 0.05) is 28.1 Å². The van der Waals surface area contributed by atoms with Gasteiger partial charge < -0.3 is 9.64 Å². The highest BCUT2D eigenvalue weighted by molar-refractivity contribution is 7.14. The maximum atomic E-state index is 12.3. The monoisotopic (exact) mass is 401 g/mol. The van der Waals surface area contributed by atoms with Gasteiger partial charge in [-0.2, -0.15) is 0 Å². The van der Waals surface area contributed by atoms with Crippen LogP contribution in [0.25, 0.3) is 11.3 Å². The number of halogens is 1. The number of nitrogens with one attached hydrogen (secondary N) is 1. The minimum absolute atomic E-state index is 0.219. The molecular weight excluding hydrogens is 382 g/mol. The fourth-order valence-electron chi connectivity index (χ4n) is 2.37. The van der Waals surface area contributed by atoms with E-state index in [9.17, 15) is 4.79 Å². The molecule has 0 atom stereocenters. The van der Waals surface area contributed by atoms with Crippen LogP contribution in [0.2, 0.25) is 5.02 Å². The summed E-state index contributed by atoms with van der Waals surface area (Å²) >= 11 is 7.23. The summed E-state index contributed by atoms with van der Waals surface area (Å²) in [5.74, 6) is 0.559. The first-order chi connectivity index (χ1) is 13.0. The van der Waals surface area contributed by atoms with Crippen molar-refractivity contribution in [3.8, 4) is 17.0 Å². The predicted molar refractivity (Wildman–Crippen MR) is 111 cm³/mol. The molecule has 27 heavy (non-hydrogen) atoms. The van der Waals surface area contributed by atoms with Crippen molar-refractivity contribution in [2.24, 2.45) is 0 Å². The van der Waals surface area contributed by atoms with Gasteiger partial charge >= 0.3 is 0 Å². The Morgan fingerprint density at radius 2 is 1.93 bits per heavy atom. The van der Waals surface area contributed by atoms with Crippen molar-refractivity contribution in [1.82, 2.24) is 9.88 Å².